The first-order valence-electron chi connectivity index (χ1n) is 11.5. The largest absolute Gasteiger partial charge is 0.497 e. The zero-order valence-corrected chi connectivity index (χ0v) is 20.0. The molecule has 6 nitrogen and oxygen atoms in total. The van der Waals surface area contributed by atoms with Crippen LogP contribution in [0.4, 0.5) is 0 Å². The van der Waals surface area contributed by atoms with E-state index < -0.39 is 0 Å². The van der Waals surface area contributed by atoms with Gasteiger partial charge in [0.05, 0.1) is 17.7 Å². The minimum atomic E-state index is -0.168. The molecule has 0 saturated carbocycles. The Morgan fingerprint density at radius 2 is 1.72 bits per heavy atom. The minimum Gasteiger partial charge on any atom is -0.497 e. The summed E-state index contributed by atoms with van der Waals surface area (Å²) in [5.74, 6) is 2.49. The zero-order valence-electron chi connectivity index (χ0n) is 19.2. The second-order valence-electron chi connectivity index (χ2n) is 8.66. The van der Waals surface area contributed by atoms with Crippen molar-refractivity contribution in [1.82, 2.24) is 19.6 Å². The van der Waals surface area contributed by atoms with Gasteiger partial charge in [0, 0.05) is 22.4 Å². The molecule has 7 rings (SSSR count). The Hall–Kier alpha value is -4.42. The van der Waals surface area contributed by atoms with Crippen molar-refractivity contribution < 1.29 is 9.47 Å². The van der Waals surface area contributed by atoms with Crippen LogP contribution in [0, 0.1) is 0 Å². The molecule has 7 heteroatoms. The Balaban J connectivity index is 1.51. The van der Waals surface area contributed by atoms with Gasteiger partial charge in [-0.3, -0.25) is 0 Å². The molecule has 0 amide bonds. The van der Waals surface area contributed by atoms with Crippen molar-refractivity contribution in [1.29, 1.82) is 0 Å². The molecule has 36 heavy (non-hydrogen) atoms. The molecule has 0 fully saturated rings. The van der Waals surface area contributed by atoms with E-state index in [9.17, 15) is 0 Å². The van der Waals surface area contributed by atoms with Gasteiger partial charge in [-0.2, -0.15) is 0 Å². The molecule has 0 spiro atoms. The SMILES string of the molecule is COc1ccc([C@@H]2c3ccc4ccccc4c3Oc3ncn4nc(-c5ccccc5Cl)nc4c32)cc1. The van der Waals surface area contributed by atoms with Crippen molar-refractivity contribution in [3.05, 3.63) is 113 Å². The Labute approximate surface area is 211 Å². The monoisotopic (exact) mass is 490 g/mol. The van der Waals surface area contributed by atoms with Gasteiger partial charge in [0.15, 0.2) is 11.5 Å². The third-order valence-electron chi connectivity index (χ3n) is 6.66. The fraction of sp³-hybridized carbons (Fsp3) is 0.0690. The van der Waals surface area contributed by atoms with Crippen molar-refractivity contribution >= 4 is 28.0 Å². The number of halogens is 1. The predicted molar refractivity (Wildman–Crippen MR) is 139 cm³/mol. The highest BCUT2D eigenvalue weighted by Crippen LogP contribution is 2.50. The van der Waals surface area contributed by atoms with Crippen molar-refractivity contribution in [3.63, 3.8) is 0 Å². The van der Waals surface area contributed by atoms with E-state index in [-0.39, 0.29) is 5.92 Å². The molecular weight excluding hydrogens is 472 g/mol. The normalized spacial score (nSPS) is 14.3. The molecule has 0 bridgehead atoms. The first-order valence-corrected chi connectivity index (χ1v) is 11.9. The maximum absolute atomic E-state index is 6.49. The quantitative estimate of drug-likeness (QED) is 0.270. The summed E-state index contributed by atoms with van der Waals surface area (Å²) in [5.41, 5.74) is 4.42. The number of nitrogens with zero attached hydrogens (tertiary/aromatic N) is 4. The second kappa shape index (κ2) is 8.07. The van der Waals surface area contributed by atoms with Gasteiger partial charge in [-0.15, -0.1) is 5.10 Å². The average molecular weight is 491 g/mol. The summed E-state index contributed by atoms with van der Waals surface area (Å²) in [5, 5.41) is 7.44. The summed E-state index contributed by atoms with van der Waals surface area (Å²) in [6, 6.07) is 28.1. The van der Waals surface area contributed by atoms with Gasteiger partial charge in [0.25, 0.3) is 0 Å². The van der Waals surface area contributed by atoms with Gasteiger partial charge in [0.2, 0.25) is 5.88 Å². The van der Waals surface area contributed by atoms with Gasteiger partial charge in [0.1, 0.15) is 17.8 Å². The number of fused-ring (bicyclic) bond motifs is 6. The van der Waals surface area contributed by atoms with Gasteiger partial charge in [-0.05, 0) is 35.2 Å². The summed E-state index contributed by atoms with van der Waals surface area (Å²) in [6.07, 6.45) is 1.64. The Morgan fingerprint density at radius 1 is 0.917 bits per heavy atom. The van der Waals surface area contributed by atoms with E-state index in [0.29, 0.717) is 22.4 Å². The molecule has 3 heterocycles. The molecule has 6 aromatic rings. The molecule has 174 valence electrons. The number of benzene rings is 4. The van der Waals surface area contributed by atoms with E-state index in [2.05, 4.69) is 41.4 Å². The van der Waals surface area contributed by atoms with Crippen LogP contribution in [0.5, 0.6) is 17.4 Å². The van der Waals surface area contributed by atoms with Crippen LogP contribution in [0.3, 0.4) is 0 Å². The van der Waals surface area contributed by atoms with Gasteiger partial charge >= 0.3 is 0 Å². The fourth-order valence-corrected chi connectivity index (χ4v) is 5.17. The molecular formula is C29H19ClN4O2. The van der Waals surface area contributed by atoms with Gasteiger partial charge in [-0.25, -0.2) is 14.5 Å². The summed E-state index contributed by atoms with van der Waals surface area (Å²) in [6.45, 7) is 0. The lowest BCUT2D eigenvalue weighted by Crippen LogP contribution is -2.15. The highest BCUT2D eigenvalue weighted by Gasteiger charge is 2.34. The summed E-state index contributed by atoms with van der Waals surface area (Å²) in [4.78, 5) is 9.60. The molecule has 1 aliphatic rings. The summed E-state index contributed by atoms with van der Waals surface area (Å²) < 4.78 is 13.6. The van der Waals surface area contributed by atoms with Crippen LogP contribution in [0.25, 0.3) is 27.8 Å². The van der Waals surface area contributed by atoms with Gasteiger partial charge in [-0.1, -0.05) is 72.3 Å². The number of hydrogen-bond acceptors (Lipinski definition) is 5. The smallest absolute Gasteiger partial charge is 0.228 e. The maximum Gasteiger partial charge on any atom is 0.228 e. The van der Waals surface area contributed by atoms with Crippen LogP contribution < -0.4 is 9.47 Å². The lowest BCUT2D eigenvalue weighted by atomic mass is 9.83. The minimum absolute atomic E-state index is 0.168. The molecule has 0 unspecified atom stereocenters. The highest BCUT2D eigenvalue weighted by atomic mass is 35.5. The number of aromatic nitrogens is 4. The van der Waals surface area contributed by atoms with Crippen LogP contribution in [-0.4, -0.2) is 26.7 Å². The van der Waals surface area contributed by atoms with E-state index in [1.165, 1.54) is 0 Å². The first-order chi connectivity index (χ1) is 17.7. The topological polar surface area (TPSA) is 61.5 Å². The van der Waals surface area contributed by atoms with E-state index >= 15 is 0 Å². The number of ether oxygens (including phenoxy) is 2. The lowest BCUT2D eigenvalue weighted by Gasteiger charge is -2.28. The molecule has 0 radical (unpaired) electrons. The number of hydrogen-bond donors (Lipinski definition) is 0. The Morgan fingerprint density at radius 3 is 2.56 bits per heavy atom. The van der Waals surface area contributed by atoms with E-state index in [1.807, 2.05) is 48.5 Å². The highest BCUT2D eigenvalue weighted by molar-refractivity contribution is 6.33. The van der Waals surface area contributed by atoms with Crippen molar-refractivity contribution in [3.8, 4) is 28.8 Å². The molecule has 1 atom stereocenters. The third-order valence-corrected chi connectivity index (χ3v) is 6.99. The van der Waals surface area contributed by atoms with Crippen molar-refractivity contribution in [2.24, 2.45) is 0 Å². The molecule has 4 aromatic carbocycles. The second-order valence-corrected chi connectivity index (χ2v) is 9.07. The standard InChI is InChI=1S/C29H19ClN4O2/c1-35-19-13-10-18(11-14-19)24-22-15-12-17-6-2-3-7-20(17)26(22)36-29-25(24)28-32-27(33-34(28)16-31-29)21-8-4-5-9-23(21)30/h2-16,24H,1H3/t24-/m1/s1. The Kier molecular flexibility index (Phi) is 4.69. The lowest BCUT2D eigenvalue weighted by molar-refractivity contribution is 0.414. The van der Waals surface area contributed by atoms with Crippen LogP contribution in [0.15, 0.2) is 91.3 Å². The van der Waals surface area contributed by atoms with Crippen LogP contribution in [0.2, 0.25) is 5.02 Å². The fourth-order valence-electron chi connectivity index (χ4n) is 4.95. The summed E-state index contributed by atoms with van der Waals surface area (Å²) >= 11 is 6.46. The molecule has 0 N–H and O–H groups in total. The average Bonchev–Trinajstić information content (AvgIpc) is 3.36. The molecule has 0 aliphatic carbocycles. The number of methoxy groups -OCH3 is 1. The predicted octanol–water partition coefficient (Wildman–Crippen LogP) is 6.89. The maximum atomic E-state index is 6.49. The van der Waals surface area contributed by atoms with Gasteiger partial charge < -0.3 is 9.47 Å². The molecule has 1 aliphatic heterocycles. The number of rotatable bonds is 3. The van der Waals surface area contributed by atoms with E-state index in [4.69, 9.17) is 31.2 Å². The van der Waals surface area contributed by atoms with Crippen LogP contribution >= 0.6 is 11.6 Å². The van der Waals surface area contributed by atoms with Crippen LogP contribution in [0.1, 0.15) is 22.6 Å². The summed E-state index contributed by atoms with van der Waals surface area (Å²) in [7, 11) is 1.67. The first kappa shape index (κ1) is 20.9. The molecule has 2 aromatic heterocycles. The molecule has 0 saturated heterocycles. The van der Waals surface area contributed by atoms with Crippen molar-refractivity contribution in [2.45, 2.75) is 5.92 Å². The zero-order chi connectivity index (χ0) is 24.2. The van der Waals surface area contributed by atoms with E-state index in [1.54, 1.807) is 18.0 Å². The van der Waals surface area contributed by atoms with E-state index in [0.717, 1.165) is 44.5 Å². The Bertz CT molecular complexity index is 1780. The van der Waals surface area contributed by atoms with Crippen LogP contribution in [-0.2, 0) is 0 Å². The third kappa shape index (κ3) is 3.15. The van der Waals surface area contributed by atoms with Crippen molar-refractivity contribution in [2.75, 3.05) is 7.11 Å².